The second-order valence-corrected chi connectivity index (χ2v) is 3.40. The van der Waals surface area contributed by atoms with Crippen LogP contribution in [0.25, 0.3) is 0 Å². The molecule has 13 heavy (non-hydrogen) atoms. The molecule has 0 saturated carbocycles. The second-order valence-electron chi connectivity index (χ2n) is 2.41. The highest BCUT2D eigenvalue weighted by atomic mass is 32.2. The third-order valence-corrected chi connectivity index (χ3v) is 1.78. The van der Waals surface area contributed by atoms with Crippen molar-refractivity contribution in [2.75, 3.05) is 38.3 Å². The average Bonchev–Trinajstić information content (AvgIpc) is 2.01. The Balaban J connectivity index is 3.00. The molecule has 0 spiro atoms. The van der Waals surface area contributed by atoms with Crippen LogP contribution in [0.5, 0.6) is 0 Å². The van der Waals surface area contributed by atoms with Gasteiger partial charge in [-0.3, -0.25) is 0 Å². The molecule has 2 nitrogen and oxygen atoms in total. The minimum Gasteiger partial charge on any atom is -0.371 e. The van der Waals surface area contributed by atoms with Gasteiger partial charge in [-0.25, -0.2) is 0 Å². The Morgan fingerprint density at radius 1 is 1.31 bits per heavy atom. The molecule has 1 N–H and O–H groups in total. The minimum absolute atomic E-state index is 0.105. The number of alkyl halides is 3. The number of halogens is 3. The van der Waals surface area contributed by atoms with Gasteiger partial charge in [0.2, 0.25) is 0 Å². The lowest BCUT2D eigenvalue weighted by molar-refractivity contribution is -0.173. The van der Waals surface area contributed by atoms with Gasteiger partial charge in [0, 0.05) is 18.8 Å². The molecule has 0 fully saturated rings. The van der Waals surface area contributed by atoms with Gasteiger partial charge in [-0.1, -0.05) is 0 Å². The average molecular weight is 217 g/mol. The highest BCUT2D eigenvalue weighted by Gasteiger charge is 2.26. The van der Waals surface area contributed by atoms with Gasteiger partial charge < -0.3 is 10.1 Å². The van der Waals surface area contributed by atoms with E-state index >= 15 is 0 Å². The first-order valence-electron chi connectivity index (χ1n) is 3.90. The summed E-state index contributed by atoms with van der Waals surface area (Å²) < 4.78 is 39.0. The summed E-state index contributed by atoms with van der Waals surface area (Å²) in [4.78, 5) is 0. The van der Waals surface area contributed by atoms with Crippen LogP contribution in [0.2, 0.25) is 0 Å². The van der Waals surface area contributed by atoms with Crippen molar-refractivity contribution in [1.82, 2.24) is 5.32 Å². The van der Waals surface area contributed by atoms with E-state index in [4.69, 9.17) is 0 Å². The van der Waals surface area contributed by atoms with Crippen LogP contribution in [-0.2, 0) is 4.74 Å². The molecule has 0 bridgehead atoms. The number of hydrogen-bond acceptors (Lipinski definition) is 3. The fraction of sp³-hybridized carbons (Fsp3) is 1.00. The van der Waals surface area contributed by atoms with Gasteiger partial charge in [-0.15, -0.1) is 0 Å². The smallest absolute Gasteiger partial charge is 0.371 e. The summed E-state index contributed by atoms with van der Waals surface area (Å²) in [6.45, 7) is 0.221. The Labute approximate surface area is 80.2 Å². The second kappa shape index (κ2) is 7.46. The van der Waals surface area contributed by atoms with Gasteiger partial charge in [0.25, 0.3) is 0 Å². The van der Waals surface area contributed by atoms with E-state index < -0.39 is 12.8 Å². The van der Waals surface area contributed by atoms with Gasteiger partial charge in [0.1, 0.15) is 6.61 Å². The van der Waals surface area contributed by atoms with Gasteiger partial charge >= 0.3 is 6.18 Å². The maximum atomic E-state index is 11.5. The summed E-state index contributed by atoms with van der Waals surface area (Å²) in [5, 5.41) is 2.96. The van der Waals surface area contributed by atoms with Crippen LogP contribution in [0.15, 0.2) is 0 Å². The van der Waals surface area contributed by atoms with Crippen LogP contribution >= 0.6 is 11.8 Å². The highest BCUT2D eigenvalue weighted by Crippen LogP contribution is 2.13. The van der Waals surface area contributed by atoms with Crippen molar-refractivity contribution in [3.8, 4) is 0 Å². The molecule has 0 aliphatic heterocycles. The zero-order valence-electron chi connectivity index (χ0n) is 7.49. The predicted octanol–water partition coefficient (Wildman–Crippen LogP) is 1.52. The van der Waals surface area contributed by atoms with E-state index in [9.17, 15) is 13.2 Å². The van der Waals surface area contributed by atoms with Crippen LogP contribution in [0.4, 0.5) is 13.2 Å². The van der Waals surface area contributed by atoms with Crippen molar-refractivity contribution in [2.45, 2.75) is 6.18 Å². The Hall–Kier alpha value is 0.0600. The van der Waals surface area contributed by atoms with Crippen LogP contribution in [-0.4, -0.2) is 44.5 Å². The number of ether oxygens (including phenoxy) is 1. The molecule has 0 aliphatic carbocycles. The van der Waals surface area contributed by atoms with Crippen LogP contribution in [0.1, 0.15) is 0 Å². The van der Waals surface area contributed by atoms with E-state index in [0.717, 1.165) is 12.3 Å². The Morgan fingerprint density at radius 2 is 2.00 bits per heavy atom. The van der Waals surface area contributed by atoms with Gasteiger partial charge in [0.05, 0.1) is 6.61 Å². The fourth-order valence-electron chi connectivity index (χ4n) is 0.631. The molecule has 0 aliphatic rings. The molecule has 0 unspecified atom stereocenters. The number of rotatable bonds is 7. The van der Waals surface area contributed by atoms with E-state index in [1.165, 1.54) is 0 Å². The summed E-state index contributed by atoms with van der Waals surface area (Å²) >= 11 is 1.69. The highest BCUT2D eigenvalue weighted by molar-refractivity contribution is 7.98. The van der Waals surface area contributed by atoms with Crippen molar-refractivity contribution in [3.63, 3.8) is 0 Å². The quantitative estimate of drug-likeness (QED) is 0.653. The van der Waals surface area contributed by atoms with Crippen LogP contribution in [0.3, 0.4) is 0 Å². The molecule has 0 aromatic rings. The zero-order chi connectivity index (χ0) is 10.2. The van der Waals surface area contributed by atoms with Crippen molar-refractivity contribution in [3.05, 3.63) is 0 Å². The van der Waals surface area contributed by atoms with Crippen LogP contribution < -0.4 is 5.32 Å². The molecular weight excluding hydrogens is 203 g/mol. The van der Waals surface area contributed by atoms with Crippen molar-refractivity contribution < 1.29 is 17.9 Å². The number of thioether (sulfide) groups is 1. The van der Waals surface area contributed by atoms with Crippen molar-refractivity contribution in [2.24, 2.45) is 0 Å². The minimum atomic E-state index is -4.21. The molecule has 80 valence electrons. The van der Waals surface area contributed by atoms with Crippen molar-refractivity contribution in [1.29, 1.82) is 0 Å². The molecule has 0 aromatic heterocycles. The summed E-state index contributed by atoms with van der Waals surface area (Å²) in [5.74, 6) is 0.958. The largest absolute Gasteiger partial charge is 0.411 e. The van der Waals surface area contributed by atoms with E-state index in [2.05, 4.69) is 10.1 Å². The lowest BCUT2D eigenvalue weighted by Crippen LogP contribution is -2.25. The van der Waals surface area contributed by atoms with Crippen molar-refractivity contribution >= 4 is 11.8 Å². The maximum absolute atomic E-state index is 11.5. The first kappa shape index (κ1) is 13.1. The summed E-state index contributed by atoms with van der Waals surface area (Å²) in [6, 6.07) is 0. The molecular formula is C7H14F3NOS. The molecule has 6 heteroatoms. The Morgan fingerprint density at radius 3 is 2.54 bits per heavy atom. The van der Waals surface area contributed by atoms with Gasteiger partial charge in [0.15, 0.2) is 0 Å². The van der Waals surface area contributed by atoms with Gasteiger partial charge in [-0.05, 0) is 6.26 Å². The normalized spacial score (nSPS) is 12.0. The molecule has 0 amide bonds. The monoisotopic (exact) mass is 217 g/mol. The molecule has 0 rings (SSSR count). The molecule has 0 radical (unpaired) electrons. The summed E-state index contributed by atoms with van der Waals surface area (Å²) in [6.07, 6.45) is -2.24. The fourth-order valence-corrected chi connectivity index (χ4v) is 0.980. The van der Waals surface area contributed by atoms with Gasteiger partial charge in [-0.2, -0.15) is 24.9 Å². The third kappa shape index (κ3) is 12.1. The van der Waals surface area contributed by atoms with E-state index in [-0.39, 0.29) is 6.61 Å². The molecule has 0 atom stereocenters. The third-order valence-electron chi connectivity index (χ3n) is 1.17. The molecule has 0 saturated heterocycles. The number of hydrogen-bond donors (Lipinski definition) is 1. The number of nitrogens with one attached hydrogen (secondary N) is 1. The predicted molar refractivity (Wildman–Crippen MR) is 48.1 cm³/mol. The maximum Gasteiger partial charge on any atom is 0.411 e. The standard InChI is InChI=1S/C7H14F3NOS/c1-13-5-3-11-2-4-12-6-7(8,9)10/h11H,2-6H2,1H3. The summed E-state index contributed by atoms with van der Waals surface area (Å²) in [7, 11) is 0. The van der Waals surface area contributed by atoms with E-state index in [1.807, 2.05) is 6.26 Å². The SMILES string of the molecule is CSCCNCCOCC(F)(F)F. The Bertz CT molecular complexity index is 121. The molecule has 0 heterocycles. The first-order chi connectivity index (χ1) is 6.06. The lowest BCUT2D eigenvalue weighted by Gasteiger charge is -2.07. The lowest BCUT2D eigenvalue weighted by atomic mass is 10.6. The Kier molecular flexibility index (Phi) is 7.50. The van der Waals surface area contributed by atoms with E-state index in [1.54, 1.807) is 11.8 Å². The first-order valence-corrected chi connectivity index (χ1v) is 5.30. The topological polar surface area (TPSA) is 21.3 Å². The van der Waals surface area contributed by atoms with E-state index in [0.29, 0.717) is 6.54 Å². The molecule has 0 aromatic carbocycles. The van der Waals surface area contributed by atoms with Crippen LogP contribution in [0, 0.1) is 0 Å². The zero-order valence-corrected chi connectivity index (χ0v) is 8.30. The summed E-state index contributed by atoms with van der Waals surface area (Å²) in [5.41, 5.74) is 0.